The molecule has 2 aromatic carbocycles. The third-order valence-corrected chi connectivity index (χ3v) is 6.27. The van der Waals surface area contributed by atoms with Crippen LogP contribution in [-0.4, -0.2) is 25.8 Å². The van der Waals surface area contributed by atoms with Crippen LogP contribution in [0.4, 0.5) is 8.78 Å². The molecule has 1 saturated heterocycles. The fourth-order valence-corrected chi connectivity index (χ4v) is 4.91. The summed E-state index contributed by atoms with van der Waals surface area (Å²) in [5.41, 5.74) is 1.20. The van der Waals surface area contributed by atoms with Gasteiger partial charge in [-0.15, -0.1) is 0 Å². The van der Waals surface area contributed by atoms with Crippen LogP contribution in [0.2, 0.25) is 0 Å². The molecule has 1 heterocycles. The van der Waals surface area contributed by atoms with Crippen LogP contribution in [0.5, 0.6) is 0 Å². The summed E-state index contributed by atoms with van der Waals surface area (Å²) in [7, 11) is -3.18. The number of hydrogen-bond acceptors (Lipinski definition) is 3. The molecule has 1 aliphatic heterocycles. The van der Waals surface area contributed by atoms with Gasteiger partial charge in [0.05, 0.1) is 23.5 Å². The van der Waals surface area contributed by atoms with E-state index >= 15 is 0 Å². The van der Waals surface area contributed by atoms with Gasteiger partial charge in [-0.3, -0.25) is 4.79 Å². The Kier molecular flexibility index (Phi) is 5.36. The largest absolute Gasteiger partial charge is 0.349 e. The highest BCUT2D eigenvalue weighted by atomic mass is 32.2. The zero-order chi connectivity index (χ0) is 18.7. The molecule has 0 bridgehead atoms. The number of sulfone groups is 1. The van der Waals surface area contributed by atoms with Gasteiger partial charge in [-0.2, -0.15) is 0 Å². The summed E-state index contributed by atoms with van der Waals surface area (Å²) in [6, 6.07) is 11.2. The highest BCUT2D eigenvalue weighted by molar-refractivity contribution is 7.91. The average Bonchev–Trinajstić information content (AvgIpc) is 2.94. The highest BCUT2D eigenvalue weighted by Crippen LogP contribution is 2.23. The van der Waals surface area contributed by atoms with Crippen LogP contribution in [0, 0.1) is 17.6 Å². The lowest BCUT2D eigenvalue weighted by molar-refractivity contribution is -0.125. The van der Waals surface area contributed by atoms with Gasteiger partial charge in [0, 0.05) is 0 Å². The van der Waals surface area contributed by atoms with Gasteiger partial charge in [-0.1, -0.05) is 24.3 Å². The average molecular weight is 379 g/mol. The minimum Gasteiger partial charge on any atom is -0.349 e. The van der Waals surface area contributed by atoms with Crippen LogP contribution in [0.25, 0.3) is 0 Å². The topological polar surface area (TPSA) is 63.2 Å². The summed E-state index contributed by atoms with van der Waals surface area (Å²) in [5, 5.41) is 2.82. The third kappa shape index (κ3) is 4.66. The van der Waals surface area contributed by atoms with Gasteiger partial charge in [-0.05, 0) is 48.2 Å². The molecule has 0 saturated carbocycles. The zero-order valence-corrected chi connectivity index (χ0v) is 14.8. The number of nitrogens with one attached hydrogen (secondary N) is 1. The Morgan fingerprint density at radius 1 is 1.12 bits per heavy atom. The molecule has 0 spiro atoms. The number of rotatable bonds is 5. The lowest BCUT2D eigenvalue weighted by Gasteiger charge is -2.21. The second-order valence-corrected chi connectivity index (χ2v) is 8.78. The molecule has 2 atom stereocenters. The van der Waals surface area contributed by atoms with Gasteiger partial charge < -0.3 is 5.32 Å². The number of carbonyl (C=O) groups excluding carboxylic acids is 1. The van der Waals surface area contributed by atoms with E-state index in [0.29, 0.717) is 11.1 Å². The molecule has 1 fully saturated rings. The molecule has 1 N–H and O–H groups in total. The van der Waals surface area contributed by atoms with Crippen molar-refractivity contribution in [2.45, 2.75) is 18.9 Å². The van der Waals surface area contributed by atoms with Gasteiger partial charge in [-0.25, -0.2) is 17.2 Å². The fourth-order valence-electron chi connectivity index (χ4n) is 3.17. The van der Waals surface area contributed by atoms with Crippen molar-refractivity contribution in [1.29, 1.82) is 0 Å². The molecule has 7 heteroatoms. The SMILES string of the molecule is O=C(N[C@H](Cc1cccc(F)c1)c1cccc(F)c1)[C@H]1CCS(=O)(=O)C1. The molecule has 0 aromatic heterocycles. The van der Waals surface area contributed by atoms with E-state index in [4.69, 9.17) is 0 Å². The van der Waals surface area contributed by atoms with Crippen molar-refractivity contribution >= 4 is 15.7 Å². The normalized spacial score (nSPS) is 19.8. The van der Waals surface area contributed by atoms with Crippen molar-refractivity contribution in [1.82, 2.24) is 5.32 Å². The maximum Gasteiger partial charge on any atom is 0.224 e. The number of amides is 1. The van der Waals surface area contributed by atoms with Crippen LogP contribution >= 0.6 is 0 Å². The molecule has 1 amide bonds. The number of carbonyl (C=O) groups is 1. The molecule has 3 rings (SSSR count). The first-order chi connectivity index (χ1) is 12.3. The first-order valence-corrected chi connectivity index (χ1v) is 10.2. The Balaban J connectivity index is 1.82. The van der Waals surface area contributed by atoms with Gasteiger partial charge in [0.25, 0.3) is 0 Å². The predicted octanol–water partition coefficient (Wildman–Crippen LogP) is 2.80. The third-order valence-electron chi connectivity index (χ3n) is 4.50. The van der Waals surface area contributed by atoms with E-state index in [2.05, 4.69) is 5.32 Å². The van der Waals surface area contributed by atoms with Crippen LogP contribution in [0.15, 0.2) is 48.5 Å². The molecule has 4 nitrogen and oxygen atoms in total. The minimum atomic E-state index is -3.18. The van der Waals surface area contributed by atoms with Crippen LogP contribution in [-0.2, 0) is 21.1 Å². The van der Waals surface area contributed by atoms with Gasteiger partial charge in [0.2, 0.25) is 5.91 Å². The lowest BCUT2D eigenvalue weighted by atomic mass is 9.97. The molecule has 26 heavy (non-hydrogen) atoms. The second kappa shape index (κ2) is 7.53. The number of halogens is 2. The van der Waals surface area contributed by atoms with E-state index in [9.17, 15) is 22.0 Å². The maximum absolute atomic E-state index is 13.6. The van der Waals surface area contributed by atoms with Gasteiger partial charge >= 0.3 is 0 Å². The molecule has 0 radical (unpaired) electrons. The summed E-state index contributed by atoms with van der Waals surface area (Å²) in [6.45, 7) is 0. The van der Waals surface area contributed by atoms with Crippen molar-refractivity contribution in [2.24, 2.45) is 5.92 Å². The number of benzene rings is 2. The summed E-state index contributed by atoms with van der Waals surface area (Å²) >= 11 is 0. The summed E-state index contributed by atoms with van der Waals surface area (Å²) in [4.78, 5) is 12.5. The molecule has 2 aromatic rings. The van der Waals surface area contributed by atoms with Crippen molar-refractivity contribution < 1.29 is 22.0 Å². The van der Waals surface area contributed by atoms with E-state index < -0.39 is 33.4 Å². The Bertz CT molecular complexity index is 915. The van der Waals surface area contributed by atoms with Crippen LogP contribution in [0.3, 0.4) is 0 Å². The van der Waals surface area contributed by atoms with Crippen molar-refractivity contribution in [3.63, 3.8) is 0 Å². The highest BCUT2D eigenvalue weighted by Gasteiger charge is 2.34. The number of hydrogen-bond donors (Lipinski definition) is 1. The van der Waals surface area contributed by atoms with Crippen LogP contribution in [0.1, 0.15) is 23.6 Å². The van der Waals surface area contributed by atoms with Gasteiger partial charge in [0.15, 0.2) is 9.84 Å². The van der Waals surface area contributed by atoms with E-state index in [1.54, 1.807) is 18.2 Å². The smallest absolute Gasteiger partial charge is 0.224 e. The van der Waals surface area contributed by atoms with Gasteiger partial charge in [0.1, 0.15) is 11.6 Å². The van der Waals surface area contributed by atoms with E-state index in [-0.39, 0.29) is 30.3 Å². The standard InChI is InChI=1S/C19H19F2NO3S/c20-16-5-1-3-13(9-16)10-18(14-4-2-6-17(21)11-14)22-19(23)15-7-8-26(24,25)12-15/h1-6,9,11,15,18H,7-8,10,12H2,(H,22,23)/t15-,18+/m0/s1. The molecular weight excluding hydrogens is 360 g/mol. The van der Waals surface area contributed by atoms with Crippen molar-refractivity contribution in [2.75, 3.05) is 11.5 Å². The fraction of sp³-hybridized carbons (Fsp3) is 0.316. The minimum absolute atomic E-state index is 0.000382. The Morgan fingerprint density at radius 3 is 2.42 bits per heavy atom. The lowest BCUT2D eigenvalue weighted by Crippen LogP contribution is -2.35. The predicted molar refractivity (Wildman–Crippen MR) is 94.1 cm³/mol. The quantitative estimate of drug-likeness (QED) is 0.869. The summed E-state index contributed by atoms with van der Waals surface area (Å²) < 4.78 is 50.3. The molecule has 138 valence electrons. The first kappa shape index (κ1) is 18.5. The second-order valence-electron chi connectivity index (χ2n) is 6.55. The molecular formula is C19H19F2NO3S. The molecule has 0 aliphatic carbocycles. The maximum atomic E-state index is 13.6. The Labute approximate surface area is 151 Å². The zero-order valence-electron chi connectivity index (χ0n) is 14.0. The van der Waals surface area contributed by atoms with E-state index in [1.165, 1.54) is 30.3 Å². The first-order valence-electron chi connectivity index (χ1n) is 8.33. The van der Waals surface area contributed by atoms with Crippen LogP contribution < -0.4 is 5.32 Å². The van der Waals surface area contributed by atoms with E-state index in [1.807, 2.05) is 0 Å². The monoisotopic (exact) mass is 379 g/mol. The van der Waals surface area contributed by atoms with E-state index in [0.717, 1.165) is 0 Å². The molecule has 0 unspecified atom stereocenters. The molecule has 1 aliphatic rings. The Hall–Kier alpha value is -2.28. The van der Waals surface area contributed by atoms with Crippen molar-refractivity contribution in [3.8, 4) is 0 Å². The summed E-state index contributed by atoms with van der Waals surface area (Å²) in [6.07, 6.45) is 0.552. The summed E-state index contributed by atoms with van der Waals surface area (Å²) in [5.74, 6) is -1.99. The Morgan fingerprint density at radius 2 is 1.81 bits per heavy atom. The van der Waals surface area contributed by atoms with Crippen molar-refractivity contribution in [3.05, 3.63) is 71.3 Å².